The second-order valence-electron chi connectivity index (χ2n) is 6.75. The van der Waals surface area contributed by atoms with Crippen LogP contribution >= 0.6 is 0 Å². The number of nitrogens with two attached hydrogens (primary N) is 1. The maximum absolute atomic E-state index is 12.9. The van der Waals surface area contributed by atoms with Gasteiger partial charge in [-0.05, 0) is 18.9 Å². The van der Waals surface area contributed by atoms with Gasteiger partial charge in [0.25, 0.3) is 0 Å². The van der Waals surface area contributed by atoms with E-state index in [4.69, 9.17) is 15.2 Å². The third kappa shape index (κ3) is 3.02. The molecule has 7 heteroatoms. The molecule has 3 rings (SSSR count). The van der Waals surface area contributed by atoms with Gasteiger partial charge < -0.3 is 15.2 Å². The number of hydrogen-bond donors (Lipinski definition) is 1. The van der Waals surface area contributed by atoms with Gasteiger partial charge in [-0.25, -0.2) is 5.01 Å². The van der Waals surface area contributed by atoms with Gasteiger partial charge in [-0.2, -0.15) is 5.26 Å². The van der Waals surface area contributed by atoms with Crippen LogP contribution < -0.4 is 15.2 Å². The first kappa shape index (κ1) is 18.8. The smallest absolute Gasteiger partial charge is 0.161 e. The zero-order valence-electron chi connectivity index (χ0n) is 16.1. The number of ketones is 1. The van der Waals surface area contributed by atoms with Crippen molar-refractivity contribution >= 4 is 5.78 Å². The van der Waals surface area contributed by atoms with Crippen LogP contribution in [0.5, 0.6) is 11.5 Å². The Hall–Kier alpha value is -2.98. The molecule has 1 heterocycles. The van der Waals surface area contributed by atoms with E-state index in [0.29, 0.717) is 34.9 Å². The zero-order valence-corrected chi connectivity index (χ0v) is 16.1. The summed E-state index contributed by atoms with van der Waals surface area (Å²) in [6.07, 6.45) is 1.96. The van der Waals surface area contributed by atoms with Crippen LogP contribution in [0.25, 0.3) is 0 Å². The summed E-state index contributed by atoms with van der Waals surface area (Å²) >= 11 is 0. The van der Waals surface area contributed by atoms with E-state index in [0.717, 1.165) is 24.1 Å². The highest BCUT2D eigenvalue weighted by Crippen LogP contribution is 2.47. The normalized spacial score (nSPS) is 19.9. The Morgan fingerprint density at radius 1 is 1.26 bits per heavy atom. The molecule has 1 aromatic carbocycles. The second kappa shape index (κ2) is 7.33. The van der Waals surface area contributed by atoms with Crippen LogP contribution in [0.1, 0.15) is 30.7 Å². The van der Waals surface area contributed by atoms with Gasteiger partial charge in [-0.3, -0.25) is 9.80 Å². The Balaban J connectivity index is 2.28. The number of nitrogens with zero attached hydrogens (tertiary/aromatic N) is 3. The molecule has 0 aromatic heterocycles. The van der Waals surface area contributed by atoms with Crippen LogP contribution in [0, 0.1) is 11.3 Å². The molecule has 0 amide bonds. The Morgan fingerprint density at radius 2 is 2.00 bits per heavy atom. The molecule has 1 aliphatic carbocycles. The first-order valence-corrected chi connectivity index (χ1v) is 8.79. The molecule has 7 nitrogen and oxygen atoms in total. The molecule has 0 saturated heterocycles. The minimum Gasteiger partial charge on any atom is -0.497 e. The lowest BCUT2D eigenvalue weighted by Gasteiger charge is -2.42. The Morgan fingerprint density at radius 3 is 2.59 bits per heavy atom. The van der Waals surface area contributed by atoms with Gasteiger partial charge >= 0.3 is 0 Å². The zero-order chi connectivity index (χ0) is 19.7. The van der Waals surface area contributed by atoms with Gasteiger partial charge in [0.15, 0.2) is 5.78 Å². The van der Waals surface area contributed by atoms with Crippen LogP contribution in [-0.4, -0.2) is 44.1 Å². The predicted octanol–water partition coefficient (Wildman–Crippen LogP) is 2.28. The molecular formula is C20H24N4O3. The van der Waals surface area contributed by atoms with Gasteiger partial charge in [0.2, 0.25) is 0 Å². The summed E-state index contributed by atoms with van der Waals surface area (Å²) in [5.74, 6) is 1.05. The number of rotatable bonds is 4. The van der Waals surface area contributed by atoms with Crippen molar-refractivity contribution in [1.29, 1.82) is 5.26 Å². The minimum absolute atomic E-state index is 0.0474. The van der Waals surface area contributed by atoms with Crippen molar-refractivity contribution in [3.05, 3.63) is 46.4 Å². The molecule has 0 radical (unpaired) electrons. The number of carbonyl (C=O) groups is 1. The minimum atomic E-state index is -0.546. The third-order valence-corrected chi connectivity index (χ3v) is 5.04. The van der Waals surface area contributed by atoms with E-state index in [-0.39, 0.29) is 5.78 Å². The van der Waals surface area contributed by atoms with Crippen molar-refractivity contribution in [2.45, 2.75) is 25.2 Å². The number of ether oxygens (including phenoxy) is 2. The van der Waals surface area contributed by atoms with Crippen molar-refractivity contribution in [2.24, 2.45) is 5.73 Å². The SMILES string of the molecule is COc1ccc(C2C(C#N)=C(N)N(N(C)C)C3=C2C(=O)CCC3)c(OC)c1. The molecule has 0 spiro atoms. The van der Waals surface area contributed by atoms with Crippen LogP contribution in [-0.2, 0) is 4.79 Å². The number of hydrogen-bond acceptors (Lipinski definition) is 7. The number of allylic oxidation sites excluding steroid dienone is 3. The molecule has 27 heavy (non-hydrogen) atoms. The summed E-state index contributed by atoms with van der Waals surface area (Å²) in [5.41, 5.74) is 8.96. The highest BCUT2D eigenvalue weighted by molar-refractivity contribution is 6.00. The third-order valence-electron chi connectivity index (χ3n) is 5.04. The fourth-order valence-corrected chi connectivity index (χ4v) is 3.89. The summed E-state index contributed by atoms with van der Waals surface area (Å²) in [4.78, 5) is 12.9. The highest BCUT2D eigenvalue weighted by atomic mass is 16.5. The van der Waals surface area contributed by atoms with Crippen LogP contribution in [0.2, 0.25) is 0 Å². The summed E-state index contributed by atoms with van der Waals surface area (Å²) < 4.78 is 10.8. The van der Waals surface area contributed by atoms with E-state index in [1.807, 2.05) is 25.2 Å². The maximum Gasteiger partial charge on any atom is 0.161 e. The van der Waals surface area contributed by atoms with Crippen LogP contribution in [0.15, 0.2) is 40.9 Å². The largest absolute Gasteiger partial charge is 0.497 e. The van der Waals surface area contributed by atoms with Gasteiger partial charge in [0.1, 0.15) is 17.3 Å². The summed E-state index contributed by atoms with van der Waals surface area (Å²) in [6.45, 7) is 0. The highest BCUT2D eigenvalue weighted by Gasteiger charge is 2.41. The molecule has 2 aliphatic rings. The molecule has 1 unspecified atom stereocenters. The van der Waals surface area contributed by atoms with Crippen molar-refractivity contribution < 1.29 is 14.3 Å². The number of methoxy groups -OCH3 is 2. The number of Topliss-reactive ketones (excluding diaryl/α,β-unsaturated/α-hetero) is 1. The lowest BCUT2D eigenvalue weighted by molar-refractivity contribution is -0.116. The van der Waals surface area contributed by atoms with Crippen molar-refractivity contribution in [3.63, 3.8) is 0 Å². The van der Waals surface area contributed by atoms with Crippen molar-refractivity contribution in [1.82, 2.24) is 10.0 Å². The standard InChI is InChI=1S/C20H24N4O3/c1-23(2)24-15-6-5-7-16(25)19(15)18(14(11-21)20(24)22)13-9-8-12(26-3)10-17(13)27-4/h8-10,18H,5-7,22H2,1-4H3. The quantitative estimate of drug-likeness (QED) is 0.871. The van der Waals surface area contributed by atoms with Crippen LogP contribution in [0.3, 0.4) is 0 Å². The average molecular weight is 368 g/mol. The second-order valence-corrected chi connectivity index (χ2v) is 6.75. The number of nitriles is 1. The van der Waals surface area contributed by atoms with Gasteiger partial charge in [0.05, 0.1) is 31.8 Å². The molecule has 1 atom stereocenters. The Kier molecular flexibility index (Phi) is 5.10. The molecule has 0 bridgehead atoms. The fraction of sp³-hybridized carbons (Fsp3) is 0.400. The molecule has 142 valence electrons. The molecule has 0 saturated carbocycles. The van der Waals surface area contributed by atoms with E-state index in [2.05, 4.69) is 6.07 Å². The van der Waals surface area contributed by atoms with Gasteiger partial charge in [-0.1, -0.05) is 6.07 Å². The maximum atomic E-state index is 12.9. The predicted molar refractivity (Wildman–Crippen MR) is 101 cm³/mol. The summed E-state index contributed by atoms with van der Waals surface area (Å²) in [6, 6.07) is 7.63. The Labute approximate surface area is 159 Å². The van der Waals surface area contributed by atoms with E-state index < -0.39 is 5.92 Å². The van der Waals surface area contributed by atoms with Crippen molar-refractivity contribution in [3.8, 4) is 17.6 Å². The monoisotopic (exact) mass is 368 g/mol. The number of benzene rings is 1. The van der Waals surface area contributed by atoms with E-state index >= 15 is 0 Å². The molecule has 2 N–H and O–H groups in total. The lowest BCUT2D eigenvalue weighted by atomic mass is 9.75. The summed E-state index contributed by atoms with van der Waals surface area (Å²) in [5, 5.41) is 13.5. The van der Waals surface area contributed by atoms with E-state index in [1.165, 1.54) is 0 Å². The van der Waals surface area contributed by atoms with E-state index in [9.17, 15) is 10.1 Å². The lowest BCUT2D eigenvalue weighted by Crippen LogP contribution is -2.45. The first-order valence-electron chi connectivity index (χ1n) is 8.79. The van der Waals surface area contributed by atoms with E-state index in [1.54, 1.807) is 31.4 Å². The topological polar surface area (TPSA) is 91.8 Å². The van der Waals surface area contributed by atoms with Crippen molar-refractivity contribution in [2.75, 3.05) is 28.3 Å². The fourth-order valence-electron chi connectivity index (χ4n) is 3.89. The molecule has 1 aliphatic heterocycles. The first-order chi connectivity index (χ1) is 12.9. The number of carbonyl (C=O) groups excluding carboxylic acids is 1. The van der Waals surface area contributed by atoms with Gasteiger partial charge in [-0.15, -0.1) is 0 Å². The summed E-state index contributed by atoms with van der Waals surface area (Å²) in [7, 11) is 6.83. The van der Waals surface area contributed by atoms with Gasteiger partial charge in [0, 0.05) is 43.4 Å². The average Bonchev–Trinajstić information content (AvgIpc) is 2.66. The molecular weight excluding hydrogens is 344 g/mol. The molecule has 0 fully saturated rings. The number of hydrazine groups is 1. The molecule has 1 aromatic rings. The Bertz CT molecular complexity index is 880. The van der Waals surface area contributed by atoms with Crippen LogP contribution in [0.4, 0.5) is 0 Å².